The van der Waals surface area contributed by atoms with Gasteiger partial charge < -0.3 is 4.90 Å². The molecule has 1 aliphatic rings. The van der Waals surface area contributed by atoms with E-state index in [2.05, 4.69) is 54.1 Å². The number of rotatable bonds is 6. The van der Waals surface area contributed by atoms with Gasteiger partial charge in [-0.1, -0.05) is 48.7 Å². The lowest BCUT2D eigenvalue weighted by molar-refractivity contribution is -0.133. The van der Waals surface area contributed by atoms with E-state index in [-0.39, 0.29) is 11.2 Å². The van der Waals surface area contributed by atoms with Crippen LogP contribution in [0.3, 0.4) is 0 Å². The first kappa shape index (κ1) is 19.9. The molecule has 1 aromatic heterocycles. The van der Waals surface area contributed by atoms with Crippen LogP contribution in [0.2, 0.25) is 0 Å². The largest absolute Gasteiger partial charge is 0.339 e. The van der Waals surface area contributed by atoms with Crippen LogP contribution < -0.4 is 0 Å². The quantitative estimate of drug-likeness (QED) is 0.684. The smallest absolute Gasteiger partial charge is 0.236 e. The molecule has 1 aromatic carbocycles. The van der Waals surface area contributed by atoms with E-state index in [0.29, 0.717) is 6.04 Å². The highest BCUT2D eigenvalue weighted by atomic mass is 32.2. The predicted molar refractivity (Wildman–Crippen MR) is 110 cm³/mol. The second-order valence-electron chi connectivity index (χ2n) is 7.45. The van der Waals surface area contributed by atoms with E-state index >= 15 is 0 Å². The molecule has 0 spiro atoms. The predicted octanol–water partition coefficient (Wildman–Crippen LogP) is 4.55. The number of hydrogen-bond acceptors (Lipinski definition) is 4. The number of aryl methyl sites for hydroxylation is 2. The third kappa shape index (κ3) is 4.54. The first-order chi connectivity index (χ1) is 13.0. The Morgan fingerprint density at radius 3 is 2.70 bits per heavy atom. The lowest BCUT2D eigenvalue weighted by Gasteiger charge is -2.35. The van der Waals surface area contributed by atoms with Crippen LogP contribution in [0.1, 0.15) is 57.1 Å². The first-order valence-corrected chi connectivity index (χ1v) is 10.8. The topological polar surface area (TPSA) is 51.0 Å². The molecule has 1 amide bonds. The third-order valence-corrected chi connectivity index (χ3v) is 6.44. The molecule has 1 atom stereocenters. The van der Waals surface area contributed by atoms with E-state index in [1.807, 2.05) is 11.5 Å². The van der Waals surface area contributed by atoms with E-state index in [9.17, 15) is 4.79 Å². The minimum atomic E-state index is -0.180. The fourth-order valence-corrected chi connectivity index (χ4v) is 4.88. The van der Waals surface area contributed by atoms with Crippen LogP contribution >= 0.6 is 11.8 Å². The Hall–Kier alpha value is -1.82. The van der Waals surface area contributed by atoms with Crippen LogP contribution in [-0.2, 0) is 4.79 Å². The summed E-state index contributed by atoms with van der Waals surface area (Å²) in [6.07, 6.45) is 7.76. The molecule has 6 heteroatoms. The van der Waals surface area contributed by atoms with Crippen molar-refractivity contribution in [3.63, 3.8) is 0 Å². The molecule has 1 fully saturated rings. The maximum Gasteiger partial charge on any atom is 0.236 e. The Morgan fingerprint density at radius 1 is 1.30 bits per heavy atom. The number of hydrogen-bond donors (Lipinski definition) is 0. The Morgan fingerprint density at radius 2 is 2.04 bits per heavy atom. The Kier molecular flexibility index (Phi) is 6.58. The highest BCUT2D eigenvalue weighted by Gasteiger charge is 2.29. The summed E-state index contributed by atoms with van der Waals surface area (Å²) >= 11 is 1.50. The lowest BCUT2D eigenvalue weighted by Crippen LogP contribution is -2.44. The van der Waals surface area contributed by atoms with Gasteiger partial charge in [0.05, 0.1) is 10.9 Å². The molecule has 1 heterocycles. The van der Waals surface area contributed by atoms with Gasteiger partial charge >= 0.3 is 0 Å². The number of nitrogens with zero attached hydrogens (tertiary/aromatic N) is 4. The first-order valence-electron chi connectivity index (χ1n) is 9.96. The van der Waals surface area contributed by atoms with Crippen molar-refractivity contribution in [1.29, 1.82) is 0 Å². The van der Waals surface area contributed by atoms with E-state index in [1.165, 1.54) is 42.2 Å². The van der Waals surface area contributed by atoms with Gasteiger partial charge in [-0.2, -0.15) is 0 Å². The lowest BCUT2D eigenvalue weighted by atomic mass is 9.94. The molecule has 146 valence electrons. The van der Waals surface area contributed by atoms with Crippen molar-refractivity contribution in [1.82, 2.24) is 19.7 Å². The number of benzene rings is 1. The Bertz CT molecular complexity index is 782. The minimum Gasteiger partial charge on any atom is -0.339 e. The molecule has 3 rings (SSSR count). The SMILES string of the molecule is CCN(C(=O)C(C)Sc1nncn1-c1ccc(C)cc1C)C1CCCCC1. The van der Waals surface area contributed by atoms with Crippen molar-refractivity contribution in [3.8, 4) is 5.69 Å². The van der Waals surface area contributed by atoms with Gasteiger partial charge in [0.2, 0.25) is 5.91 Å². The highest BCUT2D eigenvalue weighted by Crippen LogP contribution is 2.29. The fourth-order valence-electron chi connectivity index (χ4n) is 3.97. The molecule has 1 saturated carbocycles. The zero-order valence-corrected chi connectivity index (χ0v) is 17.6. The van der Waals surface area contributed by atoms with Crippen LogP contribution in [0, 0.1) is 13.8 Å². The van der Waals surface area contributed by atoms with Gasteiger partial charge in [0.25, 0.3) is 0 Å². The zero-order chi connectivity index (χ0) is 19.4. The van der Waals surface area contributed by atoms with Crippen molar-refractivity contribution in [2.45, 2.75) is 76.2 Å². The van der Waals surface area contributed by atoms with Crippen LogP contribution in [0.4, 0.5) is 0 Å². The molecule has 0 N–H and O–H groups in total. The Labute approximate surface area is 166 Å². The van der Waals surface area contributed by atoms with Gasteiger partial charge in [0, 0.05) is 12.6 Å². The second-order valence-corrected chi connectivity index (χ2v) is 8.76. The van der Waals surface area contributed by atoms with Crippen molar-refractivity contribution >= 4 is 17.7 Å². The summed E-state index contributed by atoms with van der Waals surface area (Å²) in [6.45, 7) is 9.02. The summed E-state index contributed by atoms with van der Waals surface area (Å²) in [6, 6.07) is 6.73. The monoisotopic (exact) mass is 386 g/mol. The number of carbonyl (C=O) groups excluding carboxylic acids is 1. The van der Waals surface area contributed by atoms with Crippen LogP contribution in [0.15, 0.2) is 29.7 Å². The molecule has 0 saturated heterocycles. The van der Waals surface area contributed by atoms with Crippen molar-refractivity contribution in [2.75, 3.05) is 6.54 Å². The fraction of sp³-hybridized carbons (Fsp3) is 0.571. The number of amides is 1. The number of carbonyl (C=O) groups is 1. The number of thioether (sulfide) groups is 1. The molecule has 0 bridgehead atoms. The highest BCUT2D eigenvalue weighted by molar-refractivity contribution is 8.00. The minimum absolute atomic E-state index is 0.180. The van der Waals surface area contributed by atoms with Gasteiger partial charge in [-0.15, -0.1) is 10.2 Å². The number of aromatic nitrogens is 3. The molecule has 0 radical (unpaired) electrons. The molecule has 1 aliphatic carbocycles. The molecule has 27 heavy (non-hydrogen) atoms. The molecular formula is C21H30N4OS. The van der Waals surface area contributed by atoms with E-state index in [0.717, 1.165) is 30.2 Å². The van der Waals surface area contributed by atoms with Crippen molar-refractivity contribution in [2.24, 2.45) is 0 Å². The van der Waals surface area contributed by atoms with E-state index in [4.69, 9.17) is 0 Å². The maximum absolute atomic E-state index is 13.1. The molecule has 2 aromatic rings. The van der Waals surface area contributed by atoms with Crippen LogP contribution in [-0.4, -0.2) is 43.4 Å². The summed E-state index contributed by atoms with van der Waals surface area (Å²) in [4.78, 5) is 15.2. The summed E-state index contributed by atoms with van der Waals surface area (Å²) in [5.74, 6) is 0.213. The van der Waals surface area contributed by atoms with Crippen molar-refractivity contribution in [3.05, 3.63) is 35.7 Å². The van der Waals surface area contributed by atoms with Crippen LogP contribution in [0.5, 0.6) is 0 Å². The van der Waals surface area contributed by atoms with Crippen LogP contribution in [0.25, 0.3) is 5.69 Å². The zero-order valence-electron chi connectivity index (χ0n) is 16.8. The third-order valence-electron chi connectivity index (χ3n) is 5.40. The summed E-state index contributed by atoms with van der Waals surface area (Å²) < 4.78 is 1.99. The molecular weight excluding hydrogens is 356 g/mol. The van der Waals surface area contributed by atoms with E-state index in [1.54, 1.807) is 6.33 Å². The second kappa shape index (κ2) is 8.91. The van der Waals surface area contributed by atoms with Gasteiger partial charge in [-0.25, -0.2) is 0 Å². The molecule has 1 unspecified atom stereocenters. The average molecular weight is 387 g/mol. The summed E-state index contributed by atoms with van der Waals surface area (Å²) in [7, 11) is 0. The Balaban J connectivity index is 1.75. The maximum atomic E-state index is 13.1. The van der Waals surface area contributed by atoms with Gasteiger partial charge in [-0.3, -0.25) is 9.36 Å². The average Bonchev–Trinajstić information content (AvgIpc) is 3.11. The molecule has 5 nitrogen and oxygen atoms in total. The van der Waals surface area contributed by atoms with Gasteiger partial charge in [-0.05, 0) is 52.2 Å². The van der Waals surface area contributed by atoms with Gasteiger partial charge in [0.1, 0.15) is 6.33 Å². The van der Waals surface area contributed by atoms with Crippen molar-refractivity contribution < 1.29 is 4.79 Å². The normalized spacial score (nSPS) is 16.3. The summed E-state index contributed by atoms with van der Waals surface area (Å²) in [5.41, 5.74) is 3.47. The standard InChI is InChI=1S/C21H30N4OS/c1-5-24(18-9-7-6-8-10-18)20(26)17(4)27-21-23-22-14-25(21)19-12-11-15(2)13-16(19)3/h11-14,17-18H,5-10H2,1-4H3. The summed E-state index contributed by atoms with van der Waals surface area (Å²) in [5, 5.41) is 8.96. The molecule has 0 aliphatic heterocycles. The van der Waals surface area contributed by atoms with Gasteiger partial charge in [0.15, 0.2) is 5.16 Å². The van der Waals surface area contributed by atoms with E-state index < -0.39 is 0 Å².